The van der Waals surface area contributed by atoms with Gasteiger partial charge < -0.3 is 14.8 Å². The van der Waals surface area contributed by atoms with Gasteiger partial charge in [-0.3, -0.25) is 0 Å². The van der Waals surface area contributed by atoms with Gasteiger partial charge in [0.05, 0.1) is 19.3 Å². The summed E-state index contributed by atoms with van der Waals surface area (Å²) in [6.07, 6.45) is 1.03. The van der Waals surface area contributed by atoms with E-state index in [1.54, 1.807) is 11.3 Å². The first-order valence-electron chi connectivity index (χ1n) is 7.51. The Morgan fingerprint density at radius 1 is 1.19 bits per heavy atom. The number of rotatable bonds is 5. The molecule has 21 heavy (non-hydrogen) atoms. The highest BCUT2D eigenvalue weighted by Gasteiger charge is 2.24. The molecule has 2 aromatic rings. The van der Waals surface area contributed by atoms with Crippen LogP contribution < -0.4 is 14.8 Å². The molecule has 3 rings (SSSR count). The van der Waals surface area contributed by atoms with Crippen LogP contribution in [0.1, 0.15) is 36.6 Å². The van der Waals surface area contributed by atoms with Crippen LogP contribution in [0.3, 0.4) is 0 Å². The van der Waals surface area contributed by atoms with Crippen molar-refractivity contribution >= 4 is 11.3 Å². The molecule has 1 aromatic carbocycles. The molecule has 0 spiro atoms. The van der Waals surface area contributed by atoms with E-state index >= 15 is 0 Å². The number of ether oxygens (including phenoxy) is 2. The third-order valence-electron chi connectivity index (χ3n) is 3.74. The summed E-state index contributed by atoms with van der Waals surface area (Å²) in [4.78, 5) is 0. The van der Waals surface area contributed by atoms with Crippen LogP contribution in [0.15, 0.2) is 29.0 Å². The maximum Gasteiger partial charge on any atom is 0.161 e. The van der Waals surface area contributed by atoms with E-state index in [2.05, 4.69) is 34.3 Å². The van der Waals surface area contributed by atoms with E-state index in [0.29, 0.717) is 13.2 Å². The normalized spacial score (nSPS) is 17.3. The van der Waals surface area contributed by atoms with Crippen LogP contribution in [0.4, 0.5) is 0 Å². The average molecular weight is 303 g/mol. The number of nitrogens with one attached hydrogen (secondary N) is 1. The van der Waals surface area contributed by atoms with Crippen molar-refractivity contribution in [3.8, 4) is 11.5 Å². The van der Waals surface area contributed by atoms with Crippen LogP contribution in [0.5, 0.6) is 11.5 Å². The Balaban J connectivity index is 2.03. The van der Waals surface area contributed by atoms with Crippen molar-refractivity contribution in [3.63, 3.8) is 0 Å². The van der Waals surface area contributed by atoms with Crippen molar-refractivity contribution in [1.29, 1.82) is 0 Å². The highest BCUT2D eigenvalue weighted by Crippen LogP contribution is 2.38. The molecule has 1 atom stereocenters. The molecule has 4 heteroatoms. The van der Waals surface area contributed by atoms with Crippen molar-refractivity contribution in [2.24, 2.45) is 0 Å². The molecule has 112 valence electrons. The third-order valence-corrected chi connectivity index (χ3v) is 4.44. The van der Waals surface area contributed by atoms with Crippen molar-refractivity contribution < 1.29 is 9.47 Å². The maximum atomic E-state index is 5.77. The summed E-state index contributed by atoms with van der Waals surface area (Å²) < 4.78 is 11.5. The van der Waals surface area contributed by atoms with E-state index in [-0.39, 0.29) is 6.04 Å². The first kappa shape index (κ1) is 14.4. The predicted octanol–water partition coefficient (Wildman–Crippen LogP) is 3.78. The Morgan fingerprint density at radius 3 is 2.62 bits per heavy atom. The fourth-order valence-corrected chi connectivity index (χ4v) is 3.52. The Labute approximate surface area is 129 Å². The van der Waals surface area contributed by atoms with Crippen molar-refractivity contribution in [2.75, 3.05) is 19.8 Å². The lowest BCUT2D eigenvalue weighted by Crippen LogP contribution is -2.30. The molecule has 2 heterocycles. The van der Waals surface area contributed by atoms with Gasteiger partial charge in [0.2, 0.25) is 0 Å². The fraction of sp³-hybridized carbons (Fsp3) is 0.412. The van der Waals surface area contributed by atoms with Crippen LogP contribution in [0.2, 0.25) is 0 Å². The molecule has 1 unspecified atom stereocenters. The van der Waals surface area contributed by atoms with E-state index in [9.17, 15) is 0 Å². The molecule has 0 saturated heterocycles. The van der Waals surface area contributed by atoms with Gasteiger partial charge in [0, 0.05) is 6.54 Å². The standard InChI is InChI=1S/C17H21NO2S/c1-3-19-15-9-12-5-7-18-17(13-6-8-21-11-13)14(12)10-16(15)20-4-2/h6,8-11,17-18H,3-5,7H2,1-2H3. The molecular formula is C17H21NO2S. The van der Waals surface area contributed by atoms with E-state index in [1.165, 1.54) is 16.7 Å². The lowest BCUT2D eigenvalue weighted by Gasteiger charge is -2.28. The molecule has 3 nitrogen and oxygen atoms in total. The molecule has 1 aliphatic rings. The van der Waals surface area contributed by atoms with E-state index in [0.717, 1.165) is 24.5 Å². The zero-order chi connectivity index (χ0) is 14.7. The second-order valence-electron chi connectivity index (χ2n) is 5.06. The van der Waals surface area contributed by atoms with Crippen LogP contribution >= 0.6 is 11.3 Å². The molecule has 0 radical (unpaired) electrons. The molecule has 0 fully saturated rings. The molecule has 0 amide bonds. The first-order chi connectivity index (χ1) is 10.3. The zero-order valence-electron chi connectivity index (χ0n) is 12.5. The van der Waals surface area contributed by atoms with Crippen LogP contribution in [0.25, 0.3) is 0 Å². The maximum absolute atomic E-state index is 5.77. The van der Waals surface area contributed by atoms with E-state index < -0.39 is 0 Å². The topological polar surface area (TPSA) is 30.5 Å². The highest BCUT2D eigenvalue weighted by molar-refractivity contribution is 7.08. The molecule has 0 bridgehead atoms. The minimum atomic E-state index is 0.259. The zero-order valence-corrected chi connectivity index (χ0v) is 13.3. The lowest BCUT2D eigenvalue weighted by molar-refractivity contribution is 0.286. The van der Waals surface area contributed by atoms with Gasteiger partial charge in [0.25, 0.3) is 0 Å². The van der Waals surface area contributed by atoms with Gasteiger partial charge >= 0.3 is 0 Å². The average Bonchev–Trinajstić information content (AvgIpc) is 3.02. The van der Waals surface area contributed by atoms with E-state index in [1.807, 2.05) is 13.8 Å². The van der Waals surface area contributed by atoms with Crippen LogP contribution in [-0.2, 0) is 6.42 Å². The van der Waals surface area contributed by atoms with Gasteiger partial charge in [-0.2, -0.15) is 11.3 Å². The first-order valence-corrected chi connectivity index (χ1v) is 8.45. The highest BCUT2D eigenvalue weighted by atomic mass is 32.1. The van der Waals surface area contributed by atoms with Crippen molar-refractivity contribution in [2.45, 2.75) is 26.3 Å². The molecule has 0 saturated carbocycles. The lowest BCUT2D eigenvalue weighted by atomic mass is 9.90. The minimum Gasteiger partial charge on any atom is -0.490 e. The van der Waals surface area contributed by atoms with Gasteiger partial charge in [-0.15, -0.1) is 0 Å². The third kappa shape index (κ3) is 2.92. The second-order valence-corrected chi connectivity index (χ2v) is 5.84. The van der Waals surface area contributed by atoms with Gasteiger partial charge in [-0.25, -0.2) is 0 Å². The number of hydrogen-bond acceptors (Lipinski definition) is 4. The fourth-order valence-electron chi connectivity index (χ4n) is 2.84. The molecule has 1 aliphatic heterocycles. The summed E-state index contributed by atoms with van der Waals surface area (Å²) in [7, 11) is 0. The molecule has 1 aromatic heterocycles. The molecular weight excluding hydrogens is 282 g/mol. The Hall–Kier alpha value is -1.52. The summed E-state index contributed by atoms with van der Waals surface area (Å²) in [6.45, 7) is 6.31. The SMILES string of the molecule is CCOc1cc2c(cc1OCC)C(c1ccsc1)NCC2. The number of hydrogen-bond donors (Lipinski definition) is 1. The molecule has 0 aliphatic carbocycles. The van der Waals surface area contributed by atoms with Gasteiger partial charge in [-0.05, 0) is 65.9 Å². The summed E-state index contributed by atoms with van der Waals surface area (Å²) >= 11 is 1.74. The minimum absolute atomic E-state index is 0.259. The monoisotopic (exact) mass is 303 g/mol. The Morgan fingerprint density at radius 2 is 1.95 bits per heavy atom. The number of benzene rings is 1. The van der Waals surface area contributed by atoms with Crippen LogP contribution in [0, 0.1) is 0 Å². The quantitative estimate of drug-likeness (QED) is 0.912. The van der Waals surface area contributed by atoms with E-state index in [4.69, 9.17) is 9.47 Å². The predicted molar refractivity (Wildman–Crippen MR) is 86.6 cm³/mol. The summed E-state index contributed by atoms with van der Waals surface area (Å²) in [5.74, 6) is 1.71. The van der Waals surface area contributed by atoms with Gasteiger partial charge in [0.1, 0.15) is 0 Å². The van der Waals surface area contributed by atoms with Gasteiger partial charge in [0.15, 0.2) is 11.5 Å². The summed E-state index contributed by atoms with van der Waals surface area (Å²) in [6, 6.07) is 6.76. The summed E-state index contributed by atoms with van der Waals surface area (Å²) in [5, 5.41) is 7.95. The Kier molecular flexibility index (Phi) is 4.46. The van der Waals surface area contributed by atoms with Crippen molar-refractivity contribution in [3.05, 3.63) is 45.6 Å². The number of fused-ring (bicyclic) bond motifs is 1. The smallest absolute Gasteiger partial charge is 0.161 e. The van der Waals surface area contributed by atoms with Gasteiger partial charge in [-0.1, -0.05) is 0 Å². The van der Waals surface area contributed by atoms with Crippen molar-refractivity contribution in [1.82, 2.24) is 5.32 Å². The van der Waals surface area contributed by atoms with Crippen LogP contribution in [-0.4, -0.2) is 19.8 Å². The Bertz CT molecular complexity index is 595. The number of thiophene rings is 1. The largest absolute Gasteiger partial charge is 0.490 e. The summed E-state index contributed by atoms with van der Waals surface area (Å²) in [5.41, 5.74) is 4.00. The second kappa shape index (κ2) is 6.50. The molecule has 1 N–H and O–H groups in total.